The van der Waals surface area contributed by atoms with Crippen LogP contribution in [-0.4, -0.2) is 62.6 Å². The summed E-state index contributed by atoms with van der Waals surface area (Å²) in [6.45, 7) is 5.54. The van der Waals surface area contributed by atoms with Crippen molar-refractivity contribution in [3.63, 3.8) is 0 Å². The highest BCUT2D eigenvalue weighted by molar-refractivity contribution is 6.00. The van der Waals surface area contributed by atoms with Crippen molar-refractivity contribution < 1.29 is 18.0 Å². The van der Waals surface area contributed by atoms with E-state index in [4.69, 9.17) is 5.10 Å². The topological polar surface area (TPSA) is 70.0 Å². The molecule has 0 saturated heterocycles. The molecule has 1 aromatic carbocycles. The second-order valence-corrected chi connectivity index (χ2v) is 9.83. The number of halogens is 3. The Hall–Kier alpha value is -3.92. The zero-order valence-electron chi connectivity index (χ0n) is 21.7. The van der Waals surface area contributed by atoms with E-state index < -0.39 is 11.7 Å². The molecular formula is C28H29F3N6O. The van der Waals surface area contributed by atoms with E-state index >= 15 is 0 Å². The molecule has 7 nitrogen and oxygen atoms in total. The van der Waals surface area contributed by atoms with Crippen LogP contribution < -0.4 is 0 Å². The van der Waals surface area contributed by atoms with Crippen LogP contribution in [0.5, 0.6) is 0 Å². The first-order chi connectivity index (χ1) is 18.1. The van der Waals surface area contributed by atoms with E-state index in [9.17, 15) is 18.0 Å². The number of H-pyrrole nitrogens is 1. The number of amides is 1. The molecule has 4 aromatic rings. The minimum atomic E-state index is -4.43. The number of carbonyl (C=O) groups is 1. The normalized spacial score (nSPS) is 16.1. The molecule has 0 saturated carbocycles. The number of hydrogen-bond donors (Lipinski definition) is 1. The summed E-state index contributed by atoms with van der Waals surface area (Å²) in [5.74, 6) is -0.0912. The molecule has 0 bridgehead atoms. The number of rotatable bonds is 5. The van der Waals surface area contributed by atoms with Crippen molar-refractivity contribution >= 4 is 16.9 Å². The number of alkyl halides is 3. The maximum atomic E-state index is 13.3. The van der Waals surface area contributed by atoms with E-state index in [1.807, 2.05) is 60.8 Å². The molecule has 0 spiro atoms. The number of likely N-dealkylation sites (N-methyl/N-ethyl adjacent to an activating group) is 1. The second kappa shape index (κ2) is 9.75. The quantitative estimate of drug-likeness (QED) is 0.355. The van der Waals surface area contributed by atoms with Gasteiger partial charge in [-0.1, -0.05) is 18.2 Å². The molecule has 0 aliphatic carbocycles. The zero-order valence-corrected chi connectivity index (χ0v) is 21.7. The molecule has 3 aromatic heterocycles. The number of carbonyl (C=O) groups excluding carboxylic acids is 1. The monoisotopic (exact) mass is 522 g/mol. The lowest BCUT2D eigenvalue weighted by atomic mass is 9.93. The number of pyridine rings is 1. The number of nitrogens with one attached hydrogen (secondary N) is 1. The molecule has 198 valence electrons. The molecule has 0 fully saturated rings. The molecule has 0 radical (unpaired) electrons. The average Bonchev–Trinajstić information content (AvgIpc) is 3.45. The summed E-state index contributed by atoms with van der Waals surface area (Å²) in [5, 5.41) is 5.80. The van der Waals surface area contributed by atoms with E-state index in [1.165, 1.54) is 12.1 Å². The van der Waals surface area contributed by atoms with Crippen LogP contribution in [0.25, 0.3) is 33.4 Å². The summed E-state index contributed by atoms with van der Waals surface area (Å²) >= 11 is 0. The Bertz CT molecular complexity index is 1510. The van der Waals surface area contributed by atoms with Crippen LogP contribution in [0, 0.1) is 6.92 Å². The third kappa shape index (κ3) is 4.60. The van der Waals surface area contributed by atoms with Crippen molar-refractivity contribution in [2.75, 3.05) is 27.2 Å². The molecule has 1 aliphatic heterocycles. The molecule has 38 heavy (non-hydrogen) atoms. The van der Waals surface area contributed by atoms with Gasteiger partial charge in [0.15, 0.2) is 0 Å². The van der Waals surface area contributed by atoms with E-state index in [0.717, 1.165) is 39.9 Å². The molecule has 1 unspecified atom stereocenters. The van der Waals surface area contributed by atoms with Crippen molar-refractivity contribution in [2.45, 2.75) is 32.6 Å². The number of benzene rings is 1. The highest BCUT2D eigenvalue weighted by atomic mass is 19.4. The Kier molecular flexibility index (Phi) is 6.60. The van der Waals surface area contributed by atoms with E-state index in [2.05, 4.69) is 9.97 Å². The van der Waals surface area contributed by atoms with Crippen LogP contribution in [0.15, 0.2) is 54.9 Å². The number of aromatic nitrogens is 4. The first-order valence-corrected chi connectivity index (χ1v) is 12.4. The van der Waals surface area contributed by atoms with Crippen LogP contribution in [0.3, 0.4) is 0 Å². The summed E-state index contributed by atoms with van der Waals surface area (Å²) in [6, 6.07) is 6.67. The van der Waals surface area contributed by atoms with Gasteiger partial charge in [-0.3, -0.25) is 9.48 Å². The Morgan fingerprint density at radius 1 is 1.18 bits per heavy atom. The van der Waals surface area contributed by atoms with E-state index in [0.29, 0.717) is 36.5 Å². The lowest BCUT2D eigenvalue weighted by Gasteiger charge is -2.34. The third-order valence-electron chi connectivity index (χ3n) is 6.95. The van der Waals surface area contributed by atoms with Gasteiger partial charge in [-0.25, -0.2) is 4.98 Å². The van der Waals surface area contributed by atoms with Crippen molar-refractivity contribution in [3.8, 4) is 22.4 Å². The summed E-state index contributed by atoms with van der Waals surface area (Å²) in [6.07, 6.45) is 2.59. The number of aromatic amines is 1. The van der Waals surface area contributed by atoms with Gasteiger partial charge in [0.1, 0.15) is 11.3 Å². The fourth-order valence-corrected chi connectivity index (χ4v) is 5.09. The maximum absolute atomic E-state index is 13.3. The van der Waals surface area contributed by atoms with Crippen molar-refractivity contribution in [2.24, 2.45) is 0 Å². The predicted octanol–water partition coefficient (Wildman–Crippen LogP) is 5.44. The first kappa shape index (κ1) is 25.7. The van der Waals surface area contributed by atoms with Gasteiger partial charge in [-0.2, -0.15) is 18.3 Å². The summed E-state index contributed by atoms with van der Waals surface area (Å²) in [5.41, 5.74) is 4.64. The van der Waals surface area contributed by atoms with Crippen molar-refractivity contribution in [3.05, 3.63) is 71.7 Å². The van der Waals surface area contributed by atoms with Gasteiger partial charge in [0.05, 0.1) is 23.8 Å². The molecule has 5 rings (SSSR count). The van der Waals surface area contributed by atoms with Crippen molar-refractivity contribution in [1.82, 2.24) is 29.5 Å². The van der Waals surface area contributed by atoms with Crippen LogP contribution in [0.2, 0.25) is 0 Å². The maximum Gasteiger partial charge on any atom is 0.416 e. The van der Waals surface area contributed by atoms with Gasteiger partial charge >= 0.3 is 6.18 Å². The Morgan fingerprint density at radius 3 is 2.61 bits per heavy atom. The fraction of sp³-hybridized carbons (Fsp3) is 0.321. The lowest BCUT2D eigenvalue weighted by Crippen LogP contribution is -2.40. The Morgan fingerprint density at radius 2 is 1.92 bits per heavy atom. The SMILES string of the molecule is Cc1c[nH]c2nccc(-c3c(-c4ccc(C(F)(F)F)cc4)nn4c3C(C)N(C(=O)C=CCN(C)C)CC4)c12. The van der Waals surface area contributed by atoms with Gasteiger partial charge in [-0.15, -0.1) is 0 Å². The van der Waals surface area contributed by atoms with Gasteiger partial charge < -0.3 is 14.8 Å². The fourth-order valence-electron chi connectivity index (χ4n) is 5.09. The van der Waals surface area contributed by atoms with E-state index in [-0.39, 0.29) is 11.9 Å². The second-order valence-electron chi connectivity index (χ2n) is 9.83. The van der Waals surface area contributed by atoms with Crippen LogP contribution in [0.1, 0.15) is 29.8 Å². The minimum absolute atomic E-state index is 0.0912. The smallest absolute Gasteiger partial charge is 0.346 e. The summed E-state index contributed by atoms with van der Waals surface area (Å²) < 4.78 is 41.7. The first-order valence-electron chi connectivity index (χ1n) is 12.4. The minimum Gasteiger partial charge on any atom is -0.346 e. The van der Waals surface area contributed by atoms with E-state index in [1.54, 1.807) is 12.3 Å². The lowest BCUT2D eigenvalue weighted by molar-refractivity contribution is -0.137. The summed E-state index contributed by atoms with van der Waals surface area (Å²) in [4.78, 5) is 24.6. The number of hydrogen-bond acceptors (Lipinski definition) is 4. The molecule has 10 heteroatoms. The van der Waals surface area contributed by atoms with Crippen LogP contribution in [-0.2, 0) is 17.5 Å². The number of fused-ring (bicyclic) bond motifs is 2. The predicted molar refractivity (Wildman–Crippen MR) is 140 cm³/mol. The Balaban J connectivity index is 1.67. The molecule has 1 N–H and O–H groups in total. The molecular weight excluding hydrogens is 493 g/mol. The van der Waals surface area contributed by atoms with Crippen molar-refractivity contribution in [1.29, 1.82) is 0 Å². The third-order valence-corrected chi connectivity index (χ3v) is 6.95. The zero-order chi connectivity index (χ0) is 27.2. The van der Waals surface area contributed by atoms with Crippen LogP contribution >= 0.6 is 0 Å². The Labute approximate surface area is 218 Å². The molecule has 1 amide bonds. The standard InChI is InChI=1S/C28H29F3N6O/c1-17-16-33-27-23(17)21(11-12-32-27)24-25(19-7-9-20(10-8-19)28(29,30)31)34-37-15-14-36(18(2)26(24)37)22(38)6-5-13-35(3)4/h5-12,16,18H,13-15H2,1-4H3,(H,32,33). The van der Waals surface area contributed by atoms with Gasteiger partial charge in [-0.05, 0) is 57.3 Å². The van der Waals surface area contributed by atoms with Gasteiger partial charge in [0.25, 0.3) is 0 Å². The van der Waals surface area contributed by atoms with Gasteiger partial charge in [0.2, 0.25) is 5.91 Å². The van der Waals surface area contributed by atoms with Gasteiger partial charge in [0, 0.05) is 48.1 Å². The molecule has 4 heterocycles. The highest BCUT2D eigenvalue weighted by Crippen LogP contribution is 2.44. The highest BCUT2D eigenvalue weighted by Gasteiger charge is 2.35. The largest absolute Gasteiger partial charge is 0.416 e. The molecule has 1 atom stereocenters. The van der Waals surface area contributed by atoms with Crippen LogP contribution in [0.4, 0.5) is 13.2 Å². The number of nitrogens with zero attached hydrogens (tertiary/aromatic N) is 5. The molecule has 1 aliphatic rings. The average molecular weight is 523 g/mol. The number of aryl methyl sites for hydroxylation is 1. The summed E-state index contributed by atoms with van der Waals surface area (Å²) in [7, 11) is 3.87.